The number of carbonyl (C=O) groups excluding carboxylic acids is 4. The summed E-state index contributed by atoms with van der Waals surface area (Å²) in [6, 6.07) is 16.0. The number of nitrogens with zero attached hydrogens (tertiary/aromatic N) is 4. The maximum absolute atomic E-state index is 14.5. The number of para-hydroxylation sites is 2. The SMILES string of the molecule is Cc1[nH]cnc1CC1CC(OC(=O)/C=C\C(=O)OC2CC(Cc3nc[nH]c3C)C(=O)c3c2n(CC2CCCC2)c2ccccc32)c2c(c3ccccc3n2CC2CCCC2)C1=O. The van der Waals surface area contributed by atoms with E-state index in [4.69, 9.17) is 9.47 Å². The van der Waals surface area contributed by atoms with Crippen LogP contribution in [-0.2, 0) is 45.0 Å². The molecule has 0 saturated heterocycles. The number of esters is 2. The van der Waals surface area contributed by atoms with E-state index in [-0.39, 0.29) is 11.6 Å². The number of fused-ring (bicyclic) bond motifs is 6. The van der Waals surface area contributed by atoms with Crippen molar-refractivity contribution in [1.82, 2.24) is 29.1 Å². The molecule has 4 aromatic heterocycles. The van der Waals surface area contributed by atoms with E-state index in [1.54, 1.807) is 12.7 Å². The van der Waals surface area contributed by atoms with Crippen molar-refractivity contribution >= 4 is 45.3 Å². The summed E-state index contributed by atoms with van der Waals surface area (Å²) in [6.07, 6.45) is 14.7. The quantitative estimate of drug-likeness (QED) is 0.0914. The smallest absolute Gasteiger partial charge is 0.331 e. The highest BCUT2D eigenvalue weighted by Gasteiger charge is 2.43. The van der Waals surface area contributed by atoms with Gasteiger partial charge in [-0.3, -0.25) is 9.59 Å². The molecule has 2 aromatic carbocycles. The number of carbonyl (C=O) groups is 4. The number of aromatic amines is 2. The second-order valence-corrected chi connectivity index (χ2v) is 18.2. The predicted octanol–water partition coefficient (Wildman–Crippen LogP) is 9.36. The lowest BCUT2D eigenvalue weighted by atomic mass is 9.80. The summed E-state index contributed by atoms with van der Waals surface area (Å²) in [5.74, 6) is -1.30. The lowest BCUT2D eigenvalue weighted by Gasteiger charge is -2.30. The molecule has 2 fully saturated rings. The van der Waals surface area contributed by atoms with Crippen molar-refractivity contribution in [3.8, 4) is 0 Å². The van der Waals surface area contributed by atoms with Gasteiger partial charge >= 0.3 is 11.9 Å². The molecule has 12 heteroatoms. The first-order chi connectivity index (χ1) is 30.2. The normalized spacial score (nSPS) is 22.0. The van der Waals surface area contributed by atoms with Gasteiger partial charge in [-0.05, 0) is 63.5 Å². The highest BCUT2D eigenvalue weighted by Crippen LogP contribution is 2.46. The zero-order valence-corrected chi connectivity index (χ0v) is 35.5. The van der Waals surface area contributed by atoms with Gasteiger partial charge < -0.3 is 28.6 Å². The zero-order valence-electron chi connectivity index (χ0n) is 35.5. The van der Waals surface area contributed by atoms with Gasteiger partial charge in [-0.25, -0.2) is 19.6 Å². The van der Waals surface area contributed by atoms with Gasteiger partial charge in [0, 0.05) is 96.0 Å². The molecule has 0 spiro atoms. The number of Topliss-reactive ketones (excluding diaryl/α,β-unsaturated/α-hetero) is 2. The van der Waals surface area contributed by atoms with Crippen molar-refractivity contribution in [2.75, 3.05) is 0 Å². The molecule has 0 bridgehead atoms. The monoisotopic (exact) mass is 834 g/mol. The summed E-state index contributed by atoms with van der Waals surface area (Å²) in [5.41, 5.74) is 8.04. The predicted molar refractivity (Wildman–Crippen MR) is 234 cm³/mol. The largest absolute Gasteiger partial charge is 0.453 e. The van der Waals surface area contributed by atoms with E-state index in [0.29, 0.717) is 48.6 Å². The number of rotatable bonds is 12. The second kappa shape index (κ2) is 16.7. The Hall–Kier alpha value is -6.04. The fourth-order valence-electron chi connectivity index (χ4n) is 11.2. The van der Waals surface area contributed by atoms with Gasteiger partial charge in [0.2, 0.25) is 0 Å². The van der Waals surface area contributed by atoms with Gasteiger partial charge in [0.25, 0.3) is 0 Å². The second-order valence-electron chi connectivity index (χ2n) is 18.2. The van der Waals surface area contributed by atoms with Crippen molar-refractivity contribution in [1.29, 1.82) is 0 Å². The number of hydrogen-bond donors (Lipinski definition) is 2. The van der Waals surface area contributed by atoms with Crippen molar-refractivity contribution in [2.24, 2.45) is 23.7 Å². The minimum absolute atomic E-state index is 0.0339. The molecule has 4 heterocycles. The Balaban J connectivity index is 0.948. The number of ether oxygens (including phenoxy) is 2. The van der Waals surface area contributed by atoms with Gasteiger partial charge in [0.05, 0.1) is 46.6 Å². The van der Waals surface area contributed by atoms with Crippen LogP contribution in [0.5, 0.6) is 0 Å². The van der Waals surface area contributed by atoms with E-state index in [1.165, 1.54) is 25.7 Å². The standard InChI is InChI=1S/C50H54N6O6/c1-29-37(53-27-51-29)21-33-23-41(47-45(49(33)59)35-15-7-9-17-39(35)55(47)25-31-11-3-4-12-31)61-43(57)19-20-44(58)62-42-24-34(22-38-30(2)52-28-54-38)50(60)46-36-16-8-10-18-40(36)56(48(42)46)26-32-13-5-6-14-32/h7-10,15-20,27-28,31-34,41-42H,3-6,11-14,21-26H2,1-2H3,(H,51,53)(H,52,54)/b20-19-. The van der Waals surface area contributed by atoms with Crippen molar-refractivity contribution < 1.29 is 28.7 Å². The Bertz CT molecular complexity index is 2530. The van der Waals surface area contributed by atoms with Crippen LogP contribution in [0.15, 0.2) is 73.3 Å². The number of aromatic nitrogens is 6. The first kappa shape index (κ1) is 40.1. The van der Waals surface area contributed by atoms with Crippen molar-refractivity contribution in [3.05, 3.63) is 119 Å². The lowest BCUT2D eigenvalue weighted by Crippen LogP contribution is -2.31. The van der Waals surface area contributed by atoms with Crippen LogP contribution in [-0.4, -0.2) is 52.6 Å². The first-order valence-electron chi connectivity index (χ1n) is 22.6. The number of ketones is 2. The number of hydrogen-bond acceptors (Lipinski definition) is 8. The lowest BCUT2D eigenvalue weighted by molar-refractivity contribution is -0.147. The third kappa shape index (κ3) is 7.41. The number of H-pyrrole nitrogens is 2. The van der Waals surface area contributed by atoms with Crippen LogP contribution in [0.2, 0.25) is 0 Å². The summed E-state index contributed by atoms with van der Waals surface area (Å²) >= 11 is 0. The summed E-state index contributed by atoms with van der Waals surface area (Å²) in [4.78, 5) is 72.1. The van der Waals surface area contributed by atoms with E-state index in [0.717, 1.165) is 107 Å². The molecule has 320 valence electrons. The summed E-state index contributed by atoms with van der Waals surface area (Å²) in [5, 5.41) is 1.73. The highest BCUT2D eigenvalue weighted by atomic mass is 16.5. The number of aryl methyl sites for hydroxylation is 2. The molecule has 0 aliphatic heterocycles. The molecule has 4 atom stereocenters. The molecule has 4 aliphatic rings. The molecule has 6 aromatic rings. The van der Waals surface area contributed by atoms with Crippen LogP contribution >= 0.6 is 0 Å². The minimum atomic E-state index is -0.724. The molecular formula is C50H54N6O6. The van der Waals surface area contributed by atoms with E-state index < -0.39 is 36.0 Å². The molecule has 10 rings (SSSR count). The highest BCUT2D eigenvalue weighted by molar-refractivity contribution is 6.12. The third-order valence-electron chi connectivity index (χ3n) is 14.3. The molecule has 62 heavy (non-hydrogen) atoms. The average molecular weight is 835 g/mol. The van der Waals surface area contributed by atoms with Crippen LogP contribution in [0, 0.1) is 37.5 Å². The fourth-order valence-corrected chi connectivity index (χ4v) is 11.2. The first-order valence-corrected chi connectivity index (χ1v) is 22.6. The van der Waals surface area contributed by atoms with Crippen LogP contribution in [0.1, 0.15) is 131 Å². The molecule has 0 amide bonds. The van der Waals surface area contributed by atoms with E-state index in [2.05, 4.69) is 41.2 Å². The molecule has 2 N–H and O–H groups in total. The van der Waals surface area contributed by atoms with Gasteiger partial charge in [-0.1, -0.05) is 62.1 Å². The summed E-state index contributed by atoms with van der Waals surface area (Å²) < 4.78 is 17.1. The fraction of sp³-hybridized carbons (Fsp3) is 0.440. The van der Waals surface area contributed by atoms with Gasteiger partial charge in [0.15, 0.2) is 11.6 Å². The Labute approximate surface area is 360 Å². The third-order valence-corrected chi connectivity index (χ3v) is 14.3. The Morgan fingerprint density at radius 3 is 1.44 bits per heavy atom. The minimum Gasteiger partial charge on any atom is -0.453 e. The molecule has 12 nitrogen and oxygen atoms in total. The van der Waals surface area contributed by atoms with Crippen molar-refractivity contribution in [3.63, 3.8) is 0 Å². The van der Waals surface area contributed by atoms with Gasteiger partial charge in [-0.2, -0.15) is 0 Å². The Kier molecular flexibility index (Phi) is 10.8. The van der Waals surface area contributed by atoms with E-state index in [9.17, 15) is 19.2 Å². The number of benzene rings is 2. The van der Waals surface area contributed by atoms with E-state index in [1.807, 2.05) is 50.2 Å². The zero-order chi connectivity index (χ0) is 42.5. The molecular weight excluding hydrogens is 781 g/mol. The van der Waals surface area contributed by atoms with Crippen LogP contribution in [0.4, 0.5) is 0 Å². The van der Waals surface area contributed by atoms with Gasteiger partial charge in [-0.15, -0.1) is 0 Å². The maximum Gasteiger partial charge on any atom is 0.331 e. The summed E-state index contributed by atoms with van der Waals surface area (Å²) in [7, 11) is 0. The summed E-state index contributed by atoms with van der Waals surface area (Å²) in [6.45, 7) is 5.37. The topological polar surface area (TPSA) is 154 Å². The molecule has 0 radical (unpaired) electrons. The Morgan fingerprint density at radius 1 is 0.645 bits per heavy atom. The van der Waals surface area contributed by atoms with Crippen LogP contribution in [0.25, 0.3) is 21.8 Å². The molecule has 2 saturated carbocycles. The van der Waals surface area contributed by atoms with Crippen LogP contribution < -0.4 is 0 Å². The van der Waals surface area contributed by atoms with Gasteiger partial charge in [0.1, 0.15) is 12.2 Å². The number of nitrogens with one attached hydrogen (secondary N) is 2. The average Bonchev–Trinajstić information content (AvgIpc) is 4.15. The van der Waals surface area contributed by atoms with Crippen molar-refractivity contribution in [2.45, 2.75) is 116 Å². The maximum atomic E-state index is 14.5. The van der Waals surface area contributed by atoms with Crippen LogP contribution in [0.3, 0.4) is 0 Å². The molecule has 4 aliphatic carbocycles. The molecule has 4 unspecified atom stereocenters. The number of imidazole rings is 2. The van der Waals surface area contributed by atoms with E-state index >= 15 is 0 Å². The Morgan fingerprint density at radius 2 is 1.05 bits per heavy atom.